The molecule has 4 heteroatoms. The molecule has 0 amide bonds. The summed E-state index contributed by atoms with van der Waals surface area (Å²) >= 11 is 5.84. The Morgan fingerprint density at radius 3 is 2.70 bits per heavy atom. The van der Waals surface area contributed by atoms with E-state index in [0.29, 0.717) is 0 Å². The minimum Gasteiger partial charge on any atom is -0.456 e. The van der Waals surface area contributed by atoms with Crippen molar-refractivity contribution in [2.75, 3.05) is 0 Å². The highest BCUT2D eigenvalue weighted by Crippen LogP contribution is 2.31. The van der Waals surface area contributed by atoms with Crippen LogP contribution in [0.2, 0.25) is 0 Å². The first-order valence-corrected chi connectivity index (χ1v) is 8.43. The van der Waals surface area contributed by atoms with Crippen LogP contribution in [-0.4, -0.2) is 6.04 Å². The molecule has 0 saturated heterocycles. The van der Waals surface area contributed by atoms with Gasteiger partial charge in [-0.3, -0.25) is 0 Å². The fraction of sp³-hybridized carbons (Fsp3) is 0.250. The molecule has 0 aliphatic heterocycles. The van der Waals surface area contributed by atoms with E-state index in [4.69, 9.17) is 10.5 Å². The number of benzene rings is 2. The second-order valence-electron chi connectivity index (χ2n) is 4.70. The Balaban J connectivity index is 2.13. The molecule has 0 fully saturated rings. The van der Waals surface area contributed by atoms with Gasteiger partial charge in [0.15, 0.2) is 0 Å². The highest BCUT2D eigenvalue weighted by molar-refractivity contribution is 14.1. The van der Waals surface area contributed by atoms with Gasteiger partial charge in [-0.2, -0.15) is 0 Å². The molecule has 0 saturated carbocycles. The molecule has 1 unspecified atom stereocenters. The summed E-state index contributed by atoms with van der Waals surface area (Å²) in [6.45, 7) is 2.11. The Kier molecular flexibility index (Phi) is 5.86. The highest BCUT2D eigenvalue weighted by atomic mass is 127. The molecule has 0 aliphatic carbocycles. The fourth-order valence-electron chi connectivity index (χ4n) is 1.86. The zero-order chi connectivity index (χ0) is 14.5. The Hall–Kier alpha value is -0.590. The first-order chi connectivity index (χ1) is 9.58. The molecule has 2 aromatic carbocycles. The van der Waals surface area contributed by atoms with Crippen LogP contribution in [-0.2, 0) is 6.42 Å². The normalized spacial score (nSPS) is 12.2. The van der Waals surface area contributed by atoms with Crippen LogP contribution in [0.25, 0.3) is 0 Å². The van der Waals surface area contributed by atoms with Crippen LogP contribution in [0, 0.1) is 3.57 Å². The van der Waals surface area contributed by atoms with Gasteiger partial charge in [0.1, 0.15) is 11.5 Å². The predicted molar refractivity (Wildman–Crippen MR) is 95.3 cm³/mol. The summed E-state index contributed by atoms with van der Waals surface area (Å²) in [6.07, 6.45) is 1.87. The van der Waals surface area contributed by atoms with E-state index in [1.165, 1.54) is 5.56 Å². The van der Waals surface area contributed by atoms with E-state index in [0.717, 1.165) is 32.4 Å². The standard InChI is InChI=1S/C16H17BrINO/c1-2-13(19)8-11-6-7-16(15(17)9-11)20-14-5-3-4-12(18)10-14/h3-7,9-10,13H,2,8,19H2,1H3. The second kappa shape index (κ2) is 7.43. The van der Waals surface area contributed by atoms with Crippen LogP contribution in [0.5, 0.6) is 11.5 Å². The van der Waals surface area contributed by atoms with Gasteiger partial charge in [0.2, 0.25) is 0 Å². The van der Waals surface area contributed by atoms with E-state index in [-0.39, 0.29) is 6.04 Å². The smallest absolute Gasteiger partial charge is 0.141 e. The van der Waals surface area contributed by atoms with E-state index >= 15 is 0 Å². The van der Waals surface area contributed by atoms with Crippen LogP contribution in [0.1, 0.15) is 18.9 Å². The van der Waals surface area contributed by atoms with Gasteiger partial charge in [-0.25, -0.2) is 0 Å². The number of ether oxygens (including phenoxy) is 1. The first-order valence-electron chi connectivity index (χ1n) is 6.56. The van der Waals surface area contributed by atoms with Crippen molar-refractivity contribution in [3.8, 4) is 11.5 Å². The van der Waals surface area contributed by atoms with Crippen molar-refractivity contribution in [3.05, 3.63) is 56.1 Å². The third-order valence-electron chi connectivity index (χ3n) is 3.04. The second-order valence-corrected chi connectivity index (χ2v) is 6.80. The van der Waals surface area contributed by atoms with Gasteiger partial charge in [0.05, 0.1) is 4.47 Å². The van der Waals surface area contributed by atoms with E-state index in [9.17, 15) is 0 Å². The van der Waals surface area contributed by atoms with Crippen molar-refractivity contribution >= 4 is 38.5 Å². The van der Waals surface area contributed by atoms with Gasteiger partial charge < -0.3 is 10.5 Å². The van der Waals surface area contributed by atoms with Gasteiger partial charge in [-0.1, -0.05) is 19.1 Å². The van der Waals surface area contributed by atoms with Crippen LogP contribution in [0.4, 0.5) is 0 Å². The van der Waals surface area contributed by atoms with Crippen LogP contribution in [0.3, 0.4) is 0 Å². The minimum absolute atomic E-state index is 0.212. The molecule has 20 heavy (non-hydrogen) atoms. The number of halogens is 2. The number of nitrogens with two attached hydrogens (primary N) is 1. The van der Waals surface area contributed by atoms with E-state index in [1.54, 1.807) is 0 Å². The summed E-state index contributed by atoms with van der Waals surface area (Å²) in [5.74, 6) is 1.66. The van der Waals surface area contributed by atoms with Crippen molar-refractivity contribution in [1.29, 1.82) is 0 Å². The topological polar surface area (TPSA) is 35.2 Å². The zero-order valence-corrected chi connectivity index (χ0v) is 15.0. The molecule has 2 rings (SSSR count). The van der Waals surface area contributed by atoms with Crippen molar-refractivity contribution in [3.63, 3.8) is 0 Å². The molecule has 0 aromatic heterocycles. The monoisotopic (exact) mass is 445 g/mol. The summed E-state index contributed by atoms with van der Waals surface area (Å²) < 4.78 is 8.00. The average molecular weight is 446 g/mol. The zero-order valence-electron chi connectivity index (χ0n) is 11.3. The van der Waals surface area contributed by atoms with Crippen LogP contribution >= 0.6 is 38.5 Å². The fourth-order valence-corrected chi connectivity index (χ4v) is 2.88. The summed E-state index contributed by atoms with van der Waals surface area (Å²) in [6, 6.07) is 14.3. The molecule has 0 spiro atoms. The van der Waals surface area contributed by atoms with Crippen molar-refractivity contribution in [1.82, 2.24) is 0 Å². The van der Waals surface area contributed by atoms with Gasteiger partial charge in [-0.05, 0) is 87.3 Å². The summed E-state index contributed by atoms with van der Waals surface area (Å²) in [5.41, 5.74) is 7.21. The number of rotatable bonds is 5. The maximum Gasteiger partial charge on any atom is 0.141 e. The molecule has 0 bridgehead atoms. The quantitative estimate of drug-likeness (QED) is 0.647. The van der Waals surface area contributed by atoms with Gasteiger partial charge in [-0.15, -0.1) is 0 Å². The van der Waals surface area contributed by atoms with Gasteiger partial charge >= 0.3 is 0 Å². The Bertz CT molecular complexity index is 588. The van der Waals surface area contributed by atoms with Crippen LogP contribution < -0.4 is 10.5 Å². The SMILES string of the molecule is CCC(N)Cc1ccc(Oc2cccc(I)c2)c(Br)c1. The maximum atomic E-state index is 5.99. The Labute approximate surface area is 142 Å². The number of hydrogen-bond donors (Lipinski definition) is 1. The lowest BCUT2D eigenvalue weighted by atomic mass is 10.0. The van der Waals surface area contributed by atoms with Gasteiger partial charge in [0, 0.05) is 9.61 Å². The molecule has 2 N–H and O–H groups in total. The maximum absolute atomic E-state index is 5.99. The van der Waals surface area contributed by atoms with Gasteiger partial charge in [0.25, 0.3) is 0 Å². The average Bonchev–Trinajstić information content (AvgIpc) is 2.42. The van der Waals surface area contributed by atoms with E-state index in [1.807, 2.05) is 30.3 Å². The van der Waals surface area contributed by atoms with E-state index < -0.39 is 0 Å². The van der Waals surface area contributed by atoms with Crippen molar-refractivity contribution in [2.45, 2.75) is 25.8 Å². The molecular formula is C16H17BrINO. The molecule has 0 radical (unpaired) electrons. The Morgan fingerprint density at radius 2 is 2.05 bits per heavy atom. The Morgan fingerprint density at radius 1 is 1.25 bits per heavy atom. The van der Waals surface area contributed by atoms with Crippen molar-refractivity contribution in [2.24, 2.45) is 5.73 Å². The summed E-state index contributed by atoms with van der Waals surface area (Å²) in [7, 11) is 0. The lowest BCUT2D eigenvalue weighted by Crippen LogP contribution is -2.21. The molecule has 1 atom stereocenters. The summed E-state index contributed by atoms with van der Waals surface area (Å²) in [4.78, 5) is 0. The molecule has 0 aliphatic rings. The first kappa shape index (κ1) is 15.8. The summed E-state index contributed by atoms with van der Waals surface area (Å²) in [5, 5.41) is 0. The molecule has 0 heterocycles. The predicted octanol–water partition coefficient (Wildman–Crippen LogP) is 5.13. The lowest BCUT2D eigenvalue weighted by Gasteiger charge is -2.12. The molecular weight excluding hydrogens is 429 g/mol. The molecule has 2 aromatic rings. The number of hydrogen-bond acceptors (Lipinski definition) is 2. The molecule has 2 nitrogen and oxygen atoms in total. The third kappa shape index (κ3) is 4.46. The van der Waals surface area contributed by atoms with Crippen molar-refractivity contribution < 1.29 is 4.74 Å². The van der Waals surface area contributed by atoms with E-state index in [2.05, 4.69) is 57.6 Å². The largest absolute Gasteiger partial charge is 0.456 e. The third-order valence-corrected chi connectivity index (χ3v) is 4.33. The van der Waals surface area contributed by atoms with Crippen LogP contribution in [0.15, 0.2) is 46.9 Å². The lowest BCUT2D eigenvalue weighted by molar-refractivity contribution is 0.479. The highest BCUT2D eigenvalue weighted by Gasteiger charge is 2.07. The molecule has 106 valence electrons. The minimum atomic E-state index is 0.212.